The molecule has 2 saturated heterocycles. The third-order valence-corrected chi connectivity index (χ3v) is 12.5. The molecular weight excluding hydrogens is 704 g/mol. The highest BCUT2D eigenvalue weighted by atomic mass is 32.2. The smallest absolute Gasteiger partial charge is 0.410 e. The van der Waals surface area contributed by atoms with E-state index in [1.807, 2.05) is 58.0 Å². The molecule has 3 aliphatic rings. The molecule has 5 atom stereocenters. The molecule has 0 spiro atoms. The van der Waals surface area contributed by atoms with E-state index in [-0.39, 0.29) is 35.4 Å². The Morgan fingerprint density at radius 1 is 1.04 bits per heavy atom. The number of hydrogen-bond donors (Lipinski definition) is 1. The molecule has 0 aliphatic carbocycles. The third kappa shape index (κ3) is 10.5. The summed E-state index contributed by atoms with van der Waals surface area (Å²) in [5, 5.41) is 10.7. The number of aliphatic hydroxyl groups is 1. The number of aliphatic hydroxyl groups excluding tert-OH is 1. The minimum Gasteiger partial charge on any atom is -0.457 e. The third-order valence-electron chi connectivity index (χ3n) is 10.7. The Morgan fingerprint density at radius 2 is 1.74 bits per heavy atom. The highest BCUT2D eigenvalue weighted by Gasteiger charge is 2.33. The number of esters is 1. The fourth-order valence-corrected chi connectivity index (χ4v) is 8.63. The first kappa shape index (κ1) is 40.4. The van der Waals surface area contributed by atoms with Crippen LogP contribution in [0.4, 0.5) is 14.9 Å². The number of halogens is 1. The number of rotatable bonds is 7. The molecule has 292 valence electrons. The van der Waals surface area contributed by atoms with Crippen molar-refractivity contribution < 1.29 is 37.0 Å². The summed E-state index contributed by atoms with van der Waals surface area (Å²) < 4.78 is 56.4. The minimum atomic E-state index is -3.70. The van der Waals surface area contributed by atoms with E-state index in [9.17, 15) is 23.1 Å². The van der Waals surface area contributed by atoms with Crippen molar-refractivity contribution in [3.8, 4) is 0 Å². The van der Waals surface area contributed by atoms with Crippen molar-refractivity contribution in [2.24, 2.45) is 18.9 Å². The number of hydrogen-bond acceptors (Lipinski definition) is 10. The van der Waals surface area contributed by atoms with Gasteiger partial charge in [0.25, 0.3) is 10.0 Å². The number of imidazole rings is 1. The van der Waals surface area contributed by atoms with E-state index in [0.29, 0.717) is 68.7 Å². The lowest BCUT2D eigenvalue weighted by atomic mass is 9.91. The molecule has 5 rings (SSSR count). The van der Waals surface area contributed by atoms with Gasteiger partial charge in [0.05, 0.1) is 18.9 Å². The summed E-state index contributed by atoms with van der Waals surface area (Å²) in [7, 11) is 1.92. The fraction of sp³-hybridized carbons (Fsp3) is 0.605. The maximum Gasteiger partial charge on any atom is 0.410 e. The highest BCUT2D eigenvalue weighted by molar-refractivity contribution is 7.89. The number of ether oxygens (including phenoxy) is 2. The molecule has 0 radical (unpaired) electrons. The van der Waals surface area contributed by atoms with Crippen molar-refractivity contribution >= 4 is 33.8 Å². The Bertz CT molecular complexity index is 1750. The summed E-state index contributed by atoms with van der Waals surface area (Å²) in [5.74, 6) is -1.41. The number of anilines is 1. The lowest BCUT2D eigenvalue weighted by Crippen LogP contribution is -2.48. The number of aromatic nitrogens is 2. The lowest BCUT2D eigenvalue weighted by molar-refractivity contribution is -0.151. The molecule has 2 aromatic rings. The van der Waals surface area contributed by atoms with Gasteiger partial charge < -0.3 is 33.8 Å². The Hall–Kier alpha value is -3.79. The van der Waals surface area contributed by atoms with E-state index in [2.05, 4.69) is 9.88 Å². The maximum absolute atomic E-state index is 15.2. The van der Waals surface area contributed by atoms with E-state index in [1.165, 1.54) is 29.0 Å². The average molecular weight is 759 g/mol. The summed E-state index contributed by atoms with van der Waals surface area (Å²) in [6, 6.07) is 4.71. The van der Waals surface area contributed by atoms with Gasteiger partial charge in [-0.25, -0.2) is 22.6 Å². The summed E-state index contributed by atoms with van der Waals surface area (Å²) in [6.45, 7) is 9.06. The van der Waals surface area contributed by atoms with Crippen LogP contribution in [0.1, 0.15) is 58.4 Å². The predicted octanol–water partition coefficient (Wildman–Crippen LogP) is 4.29. The van der Waals surface area contributed by atoms with Crippen molar-refractivity contribution in [2.45, 2.75) is 82.3 Å². The van der Waals surface area contributed by atoms with Crippen LogP contribution in [0.3, 0.4) is 0 Å². The Morgan fingerprint density at radius 3 is 2.40 bits per heavy atom. The van der Waals surface area contributed by atoms with Crippen molar-refractivity contribution in [1.82, 2.24) is 23.7 Å². The normalized spacial score (nSPS) is 27.0. The number of piperazine rings is 1. The van der Waals surface area contributed by atoms with Crippen LogP contribution in [0.5, 0.6) is 0 Å². The summed E-state index contributed by atoms with van der Waals surface area (Å²) >= 11 is 0. The Labute approximate surface area is 313 Å². The van der Waals surface area contributed by atoms with Gasteiger partial charge in [-0.05, 0) is 81.0 Å². The number of benzene rings is 1. The number of cyclic esters (lactones) is 1. The standard InChI is InChI=1S/C38H55FN6O7S/c1-26-7-9-33(46)23-36(47)52-37(27(2)8-10-34(26)51-38(48)44-17-15-41(4)16-18-44)28(3)19-29-20-30(39)22-32(21-29)43(6)31-11-13-45(14-12-31)53(49,50)35-24-42(5)25-40-35/h8,10,19-22,24-27,31,33-34,37,46H,7,9,11-18,23H2,1-6H3/b10-8+,28-19+/t26-,27-,33+,34-,37-/m0/s1. The summed E-state index contributed by atoms with van der Waals surface area (Å²) in [6.07, 6.45) is 7.79. The quantitative estimate of drug-likeness (QED) is 0.322. The number of carbonyl (C=O) groups is 2. The minimum absolute atomic E-state index is 0.0190. The number of amides is 1. The van der Waals surface area contributed by atoms with Gasteiger partial charge in [0.2, 0.25) is 0 Å². The van der Waals surface area contributed by atoms with E-state index in [4.69, 9.17) is 9.47 Å². The predicted molar refractivity (Wildman–Crippen MR) is 200 cm³/mol. The average Bonchev–Trinajstić information content (AvgIpc) is 3.57. The molecule has 1 aromatic carbocycles. The van der Waals surface area contributed by atoms with E-state index < -0.39 is 40.1 Å². The van der Waals surface area contributed by atoms with Crippen LogP contribution >= 0.6 is 0 Å². The molecule has 0 saturated carbocycles. The van der Waals surface area contributed by atoms with Gasteiger partial charge in [0.15, 0.2) is 5.03 Å². The first-order chi connectivity index (χ1) is 25.1. The molecule has 0 unspecified atom stereocenters. The second-order valence-electron chi connectivity index (χ2n) is 15.0. The van der Waals surface area contributed by atoms with Crippen molar-refractivity contribution in [3.05, 3.63) is 59.8 Å². The lowest BCUT2D eigenvalue weighted by Gasteiger charge is -2.37. The van der Waals surface area contributed by atoms with E-state index >= 15 is 4.39 Å². The van der Waals surface area contributed by atoms with Crippen LogP contribution in [0.25, 0.3) is 6.08 Å². The van der Waals surface area contributed by atoms with Gasteiger partial charge in [-0.2, -0.15) is 4.31 Å². The molecule has 0 bridgehead atoms. The molecule has 1 aromatic heterocycles. The molecule has 3 aliphatic heterocycles. The molecule has 53 heavy (non-hydrogen) atoms. The van der Waals surface area contributed by atoms with Gasteiger partial charge in [0, 0.05) is 77.2 Å². The Kier molecular flexibility index (Phi) is 13.4. The number of likely N-dealkylation sites (N-methyl/N-ethyl adjacent to an activating group) is 1. The number of nitrogens with zero attached hydrogens (tertiary/aromatic N) is 6. The monoisotopic (exact) mass is 758 g/mol. The van der Waals surface area contributed by atoms with Gasteiger partial charge in [-0.1, -0.05) is 26.0 Å². The zero-order valence-corrected chi connectivity index (χ0v) is 32.5. The van der Waals surface area contributed by atoms with Crippen LogP contribution in [0.15, 0.2) is 53.5 Å². The van der Waals surface area contributed by atoms with Gasteiger partial charge in [-0.3, -0.25) is 4.79 Å². The van der Waals surface area contributed by atoms with E-state index in [1.54, 1.807) is 22.6 Å². The van der Waals surface area contributed by atoms with Crippen molar-refractivity contribution in [2.75, 3.05) is 58.3 Å². The van der Waals surface area contributed by atoms with Crippen LogP contribution in [-0.2, 0) is 31.3 Å². The zero-order chi connectivity index (χ0) is 38.4. The maximum atomic E-state index is 15.2. The molecule has 4 heterocycles. The molecular formula is C38H55FN6O7S. The molecule has 1 amide bonds. The van der Waals surface area contributed by atoms with Crippen LogP contribution in [0.2, 0.25) is 0 Å². The van der Waals surface area contributed by atoms with E-state index in [0.717, 1.165) is 13.1 Å². The highest BCUT2D eigenvalue weighted by Crippen LogP contribution is 2.30. The van der Waals surface area contributed by atoms with Gasteiger partial charge in [-0.15, -0.1) is 0 Å². The summed E-state index contributed by atoms with van der Waals surface area (Å²) in [4.78, 5) is 36.0. The van der Waals surface area contributed by atoms with Crippen LogP contribution < -0.4 is 4.90 Å². The number of aryl methyl sites for hydroxylation is 1. The summed E-state index contributed by atoms with van der Waals surface area (Å²) in [5.41, 5.74) is 1.89. The largest absolute Gasteiger partial charge is 0.457 e. The zero-order valence-electron chi connectivity index (χ0n) is 31.7. The van der Waals surface area contributed by atoms with Crippen LogP contribution in [0, 0.1) is 17.7 Å². The number of sulfonamides is 1. The fourth-order valence-electron chi connectivity index (χ4n) is 7.19. The van der Waals surface area contributed by atoms with Gasteiger partial charge >= 0.3 is 12.1 Å². The van der Waals surface area contributed by atoms with Gasteiger partial charge in [0.1, 0.15) is 18.0 Å². The topological polar surface area (TPSA) is 138 Å². The molecule has 1 N–H and O–H groups in total. The number of piperidine rings is 1. The molecule has 2 fully saturated rings. The second kappa shape index (κ2) is 17.6. The molecule has 15 heteroatoms. The SMILES string of the molecule is C/C(=C\c1cc(F)cc(N(C)C2CCN(S(=O)(=O)c3cn(C)cn3)CC2)c1)[C@H]1OC(=O)C[C@H](O)CC[C@H](C)[C@@H](OC(=O)N2CCN(C)CC2)/C=C/[C@@H]1C. The first-order valence-corrected chi connectivity index (χ1v) is 19.9. The number of carbonyl (C=O) groups excluding carboxylic acids is 2. The Balaban J connectivity index is 1.31. The molecule has 13 nitrogen and oxygen atoms in total. The first-order valence-electron chi connectivity index (χ1n) is 18.5. The van der Waals surface area contributed by atoms with Crippen molar-refractivity contribution in [3.63, 3.8) is 0 Å². The van der Waals surface area contributed by atoms with Crippen molar-refractivity contribution in [1.29, 1.82) is 0 Å². The van der Waals surface area contributed by atoms with Crippen LogP contribution in [-0.4, -0.2) is 127 Å². The second-order valence-corrected chi connectivity index (χ2v) is 16.8.